The molecule has 0 aromatic heterocycles. The van der Waals surface area contributed by atoms with Gasteiger partial charge in [-0.2, -0.15) is 0 Å². The minimum Gasteiger partial charge on any atom is -0.480 e. The third kappa shape index (κ3) is 4.18. The fourth-order valence-corrected chi connectivity index (χ4v) is 2.13. The molecule has 0 spiro atoms. The Morgan fingerprint density at radius 2 is 1.94 bits per heavy atom. The van der Waals surface area contributed by atoms with Crippen LogP contribution >= 0.6 is 0 Å². The molecule has 0 radical (unpaired) electrons. The highest BCUT2D eigenvalue weighted by Crippen LogP contribution is 2.11. The molecule has 1 aliphatic heterocycles. The Hall–Kier alpha value is -1.30. The van der Waals surface area contributed by atoms with Gasteiger partial charge in [0.25, 0.3) is 0 Å². The number of nitrogens with one attached hydrogen (secondary N) is 1. The number of carboxylic acids is 1. The van der Waals surface area contributed by atoms with Crippen molar-refractivity contribution in [3.05, 3.63) is 0 Å². The van der Waals surface area contributed by atoms with Gasteiger partial charge in [-0.25, -0.2) is 9.59 Å². The van der Waals surface area contributed by atoms with Crippen LogP contribution in [0.2, 0.25) is 0 Å². The summed E-state index contributed by atoms with van der Waals surface area (Å²) in [5, 5.41) is 11.6. The number of carboxylic acid groups (broad SMARTS) is 1. The van der Waals surface area contributed by atoms with Crippen LogP contribution in [0.4, 0.5) is 4.79 Å². The molecule has 0 aromatic rings. The van der Waals surface area contributed by atoms with Crippen molar-refractivity contribution < 1.29 is 19.4 Å². The molecule has 3 atom stereocenters. The fraction of sp³-hybridized carbons (Fsp3) is 0.833. The molecule has 104 valence electrons. The van der Waals surface area contributed by atoms with Gasteiger partial charge in [0.05, 0.1) is 12.2 Å². The molecular formula is C12H22N2O4. The van der Waals surface area contributed by atoms with Crippen molar-refractivity contribution in [1.29, 1.82) is 0 Å². The number of amides is 2. The van der Waals surface area contributed by atoms with Crippen LogP contribution in [0, 0.1) is 0 Å². The van der Waals surface area contributed by atoms with Crippen LogP contribution in [0.1, 0.15) is 33.6 Å². The Bertz CT molecular complexity index is 298. The number of carbonyl (C=O) groups excluding carboxylic acids is 1. The summed E-state index contributed by atoms with van der Waals surface area (Å²) in [5.74, 6) is -0.987. The van der Waals surface area contributed by atoms with E-state index in [1.54, 1.807) is 4.90 Å². The zero-order chi connectivity index (χ0) is 13.7. The molecule has 1 aliphatic rings. The van der Waals surface area contributed by atoms with Crippen LogP contribution < -0.4 is 5.32 Å². The number of hydrogen-bond donors (Lipinski definition) is 2. The molecule has 1 heterocycles. The van der Waals surface area contributed by atoms with E-state index < -0.39 is 12.0 Å². The second-order valence-electron chi connectivity index (χ2n) is 4.79. The highest BCUT2D eigenvalue weighted by Gasteiger charge is 2.28. The zero-order valence-electron chi connectivity index (χ0n) is 11.2. The van der Waals surface area contributed by atoms with Gasteiger partial charge in [0.15, 0.2) is 0 Å². The Morgan fingerprint density at radius 1 is 1.39 bits per heavy atom. The van der Waals surface area contributed by atoms with Crippen molar-refractivity contribution in [1.82, 2.24) is 10.2 Å². The number of nitrogens with zero attached hydrogens (tertiary/aromatic N) is 1. The molecule has 2 unspecified atom stereocenters. The fourth-order valence-electron chi connectivity index (χ4n) is 2.13. The van der Waals surface area contributed by atoms with E-state index in [0.717, 1.165) is 0 Å². The average Bonchev–Trinajstić information content (AvgIpc) is 2.26. The summed E-state index contributed by atoms with van der Waals surface area (Å²) >= 11 is 0. The lowest BCUT2D eigenvalue weighted by Crippen LogP contribution is -2.54. The summed E-state index contributed by atoms with van der Waals surface area (Å²) in [6, 6.07) is -1.13. The number of morpholine rings is 1. The van der Waals surface area contributed by atoms with E-state index in [1.807, 2.05) is 20.8 Å². The Kier molecular flexibility index (Phi) is 5.40. The van der Waals surface area contributed by atoms with Gasteiger partial charge in [-0.3, -0.25) is 0 Å². The Labute approximate surface area is 107 Å². The van der Waals surface area contributed by atoms with Crippen molar-refractivity contribution in [3.63, 3.8) is 0 Å². The maximum atomic E-state index is 12.0. The van der Waals surface area contributed by atoms with E-state index in [2.05, 4.69) is 5.32 Å². The molecule has 6 heteroatoms. The number of aliphatic carboxylic acids is 1. The molecule has 2 amide bonds. The summed E-state index contributed by atoms with van der Waals surface area (Å²) in [7, 11) is 0. The molecule has 0 aliphatic carbocycles. The van der Waals surface area contributed by atoms with Gasteiger partial charge in [0, 0.05) is 13.1 Å². The minimum atomic E-state index is -0.987. The Balaban J connectivity index is 2.55. The third-order valence-electron chi connectivity index (χ3n) is 2.88. The highest BCUT2D eigenvalue weighted by atomic mass is 16.5. The molecule has 1 fully saturated rings. The van der Waals surface area contributed by atoms with E-state index in [4.69, 9.17) is 9.84 Å². The Morgan fingerprint density at radius 3 is 2.39 bits per heavy atom. The molecule has 18 heavy (non-hydrogen) atoms. The van der Waals surface area contributed by atoms with Crippen LogP contribution in [0.5, 0.6) is 0 Å². The standard InChI is InChI=1S/C12H22N2O4/c1-4-5-10(11(15)16)13-12(17)14-6-8(2)18-9(3)7-14/h8-10H,4-7H2,1-3H3,(H,13,17)(H,15,16)/t8?,9?,10-/m1/s1. The normalized spacial score (nSPS) is 25.6. The summed E-state index contributed by atoms with van der Waals surface area (Å²) in [6.45, 7) is 6.68. The maximum absolute atomic E-state index is 12.0. The van der Waals surface area contributed by atoms with Crippen LogP contribution in [-0.4, -0.2) is 53.3 Å². The third-order valence-corrected chi connectivity index (χ3v) is 2.88. The highest BCUT2D eigenvalue weighted by molar-refractivity contribution is 5.82. The summed E-state index contributed by atoms with van der Waals surface area (Å²) in [6.07, 6.45) is 1.12. The molecular weight excluding hydrogens is 236 g/mol. The van der Waals surface area contributed by atoms with E-state index in [1.165, 1.54) is 0 Å². The van der Waals surface area contributed by atoms with Crippen LogP contribution in [0.15, 0.2) is 0 Å². The van der Waals surface area contributed by atoms with Gasteiger partial charge in [0.2, 0.25) is 0 Å². The first-order valence-electron chi connectivity index (χ1n) is 6.37. The summed E-state index contributed by atoms with van der Waals surface area (Å²) in [5.41, 5.74) is 0. The minimum absolute atomic E-state index is 0.0195. The van der Waals surface area contributed by atoms with E-state index >= 15 is 0 Å². The molecule has 0 bridgehead atoms. The largest absolute Gasteiger partial charge is 0.480 e. The van der Waals surface area contributed by atoms with Crippen LogP contribution in [-0.2, 0) is 9.53 Å². The number of carbonyl (C=O) groups is 2. The van der Waals surface area contributed by atoms with Gasteiger partial charge in [0.1, 0.15) is 6.04 Å². The van der Waals surface area contributed by atoms with E-state index in [0.29, 0.717) is 25.9 Å². The molecule has 0 aromatic carbocycles. The van der Waals surface area contributed by atoms with Gasteiger partial charge in [-0.15, -0.1) is 0 Å². The van der Waals surface area contributed by atoms with Crippen LogP contribution in [0.3, 0.4) is 0 Å². The van der Waals surface area contributed by atoms with Crippen LogP contribution in [0.25, 0.3) is 0 Å². The number of ether oxygens (including phenoxy) is 1. The van der Waals surface area contributed by atoms with Crippen molar-refractivity contribution in [3.8, 4) is 0 Å². The lowest BCUT2D eigenvalue weighted by molar-refractivity contribution is -0.139. The van der Waals surface area contributed by atoms with E-state index in [9.17, 15) is 9.59 Å². The SMILES string of the molecule is CCC[C@@H](NC(=O)N1CC(C)OC(C)C1)C(=O)O. The van der Waals surface area contributed by atoms with Crippen molar-refractivity contribution in [2.45, 2.75) is 51.9 Å². The maximum Gasteiger partial charge on any atom is 0.326 e. The molecule has 0 saturated carbocycles. The van der Waals surface area contributed by atoms with Gasteiger partial charge >= 0.3 is 12.0 Å². The van der Waals surface area contributed by atoms with Gasteiger partial charge < -0.3 is 20.1 Å². The smallest absolute Gasteiger partial charge is 0.326 e. The quantitative estimate of drug-likeness (QED) is 0.790. The molecule has 2 N–H and O–H groups in total. The second kappa shape index (κ2) is 6.58. The second-order valence-corrected chi connectivity index (χ2v) is 4.79. The average molecular weight is 258 g/mol. The summed E-state index contributed by atoms with van der Waals surface area (Å²) in [4.78, 5) is 24.6. The topological polar surface area (TPSA) is 78.9 Å². The number of rotatable bonds is 4. The molecule has 1 saturated heterocycles. The lowest BCUT2D eigenvalue weighted by atomic mass is 10.1. The molecule has 6 nitrogen and oxygen atoms in total. The van der Waals surface area contributed by atoms with Crippen molar-refractivity contribution in [2.24, 2.45) is 0 Å². The lowest BCUT2D eigenvalue weighted by Gasteiger charge is -2.35. The first-order chi connectivity index (χ1) is 8.43. The predicted molar refractivity (Wildman–Crippen MR) is 66.4 cm³/mol. The van der Waals surface area contributed by atoms with Gasteiger partial charge in [-0.1, -0.05) is 13.3 Å². The predicted octanol–water partition coefficient (Wildman–Crippen LogP) is 1.06. The molecule has 1 rings (SSSR count). The first kappa shape index (κ1) is 14.8. The van der Waals surface area contributed by atoms with Gasteiger partial charge in [-0.05, 0) is 20.3 Å². The van der Waals surface area contributed by atoms with Crippen molar-refractivity contribution >= 4 is 12.0 Å². The summed E-state index contributed by atoms with van der Waals surface area (Å²) < 4.78 is 5.53. The van der Waals surface area contributed by atoms with Crippen molar-refractivity contribution in [2.75, 3.05) is 13.1 Å². The monoisotopic (exact) mass is 258 g/mol. The number of urea groups is 1. The number of hydrogen-bond acceptors (Lipinski definition) is 3. The first-order valence-corrected chi connectivity index (χ1v) is 6.37. The van der Waals surface area contributed by atoms with E-state index in [-0.39, 0.29) is 18.2 Å². The zero-order valence-corrected chi connectivity index (χ0v) is 11.2.